The number of aryl methyl sites for hydroxylation is 1. The van der Waals surface area contributed by atoms with Crippen LogP contribution in [-0.4, -0.2) is 18.3 Å². The molecule has 0 N–H and O–H groups in total. The van der Waals surface area contributed by atoms with Gasteiger partial charge in [0.05, 0.1) is 0 Å². The van der Waals surface area contributed by atoms with Crippen LogP contribution in [-0.2, 0) is 6.37 Å². The van der Waals surface area contributed by atoms with E-state index in [1.807, 2.05) is 18.2 Å². The summed E-state index contributed by atoms with van der Waals surface area (Å²) < 4.78 is 33.4. The molecule has 128 valence electrons. The van der Waals surface area contributed by atoms with E-state index in [4.69, 9.17) is 2.74 Å². The monoisotopic (exact) mass is 397 g/mol. The van der Waals surface area contributed by atoms with Crippen molar-refractivity contribution in [1.82, 2.24) is 4.98 Å². The first-order valence-corrected chi connectivity index (χ1v) is 15.8. The zero-order valence-corrected chi connectivity index (χ0v) is 17.2. The van der Waals surface area contributed by atoms with Crippen LogP contribution in [0.3, 0.4) is 0 Å². The number of hydrogen-bond acceptors (Lipinski definition) is 1. The van der Waals surface area contributed by atoms with Crippen molar-refractivity contribution < 1.29 is 7.13 Å². The second kappa shape index (κ2) is 7.13. The van der Waals surface area contributed by atoms with E-state index in [1.54, 1.807) is 49.5 Å². The Labute approximate surface area is 155 Å². The van der Waals surface area contributed by atoms with Crippen LogP contribution in [0.4, 0.5) is 4.39 Å². The molecule has 2 aromatic carbocycles. The quantitative estimate of drug-likeness (QED) is 0.544. The summed E-state index contributed by atoms with van der Waals surface area (Å²) in [7, 11) is 0. The molecule has 0 unspecified atom stereocenters. The molecule has 25 heavy (non-hydrogen) atoms. The molecule has 1 aromatic heterocycles. The summed E-state index contributed by atoms with van der Waals surface area (Å²) in [6.07, 6.45) is 0.0975. The van der Waals surface area contributed by atoms with Gasteiger partial charge in [0.15, 0.2) is 0 Å². The maximum atomic E-state index is 14.7. The topological polar surface area (TPSA) is 12.9 Å². The van der Waals surface area contributed by atoms with Gasteiger partial charge in [-0.15, -0.1) is 0 Å². The van der Waals surface area contributed by atoms with Crippen molar-refractivity contribution in [2.24, 2.45) is 0 Å². The predicted octanol–water partition coefficient (Wildman–Crippen LogP) is 5.33. The predicted molar refractivity (Wildman–Crippen MR) is 107 cm³/mol. The molecule has 3 heteroatoms. The zero-order valence-electron chi connectivity index (χ0n) is 17.1. The molecule has 1 heterocycles. The Morgan fingerprint density at radius 1 is 1.04 bits per heavy atom. The molecular weight excluding hydrogens is 370 g/mol. The standard InChI is InChI=1S/C22H24FGeN/c1-16-9-8-12-19(22(16)23)21-14-18(13-17-10-6-5-7-11-17)20(15-25-21)24(2,3)4/h5-12,14-15H,13H2,1-4H3/i13D2. The summed E-state index contributed by atoms with van der Waals surface area (Å²) in [6, 6.07) is 16.1. The first-order valence-electron chi connectivity index (χ1n) is 9.44. The number of pyridine rings is 1. The van der Waals surface area contributed by atoms with Crippen molar-refractivity contribution in [3.8, 4) is 11.3 Å². The first-order chi connectivity index (χ1) is 12.6. The second-order valence-electron chi connectivity index (χ2n) is 7.29. The molecule has 0 spiro atoms. The molecule has 0 saturated heterocycles. The van der Waals surface area contributed by atoms with Gasteiger partial charge in [0.25, 0.3) is 0 Å². The molecule has 0 aliphatic carbocycles. The van der Waals surface area contributed by atoms with Gasteiger partial charge in [-0.05, 0) is 0 Å². The number of nitrogens with zero attached hydrogens (tertiary/aromatic N) is 1. The van der Waals surface area contributed by atoms with Crippen LogP contribution in [0.15, 0.2) is 60.8 Å². The fourth-order valence-corrected chi connectivity index (χ4v) is 5.75. The van der Waals surface area contributed by atoms with Crippen LogP contribution in [0.2, 0.25) is 17.3 Å². The van der Waals surface area contributed by atoms with E-state index >= 15 is 0 Å². The molecule has 1 nitrogen and oxygen atoms in total. The third-order valence-corrected chi connectivity index (χ3v) is 8.46. The second-order valence-corrected chi connectivity index (χ2v) is 17.9. The summed E-state index contributed by atoms with van der Waals surface area (Å²) in [5.74, 6) is 6.35. The van der Waals surface area contributed by atoms with E-state index in [2.05, 4.69) is 22.3 Å². The van der Waals surface area contributed by atoms with Crippen LogP contribution in [0.5, 0.6) is 0 Å². The van der Waals surface area contributed by atoms with Gasteiger partial charge in [-0.1, -0.05) is 0 Å². The van der Waals surface area contributed by atoms with Crippen molar-refractivity contribution in [2.75, 3.05) is 0 Å². The van der Waals surface area contributed by atoms with E-state index in [0.29, 0.717) is 27.9 Å². The first kappa shape index (κ1) is 15.3. The molecule has 0 amide bonds. The molecule has 0 radical (unpaired) electrons. The Bertz CT molecular complexity index is 966. The van der Waals surface area contributed by atoms with Gasteiger partial charge in [-0.25, -0.2) is 0 Å². The van der Waals surface area contributed by atoms with E-state index in [9.17, 15) is 4.39 Å². The molecule has 0 bridgehead atoms. The number of benzene rings is 2. The van der Waals surface area contributed by atoms with Gasteiger partial charge in [0.1, 0.15) is 0 Å². The van der Waals surface area contributed by atoms with Gasteiger partial charge in [-0.2, -0.15) is 0 Å². The molecule has 0 aliphatic rings. The number of aromatic nitrogens is 1. The van der Waals surface area contributed by atoms with E-state index in [1.165, 1.54) is 0 Å². The van der Waals surface area contributed by atoms with Crippen LogP contribution >= 0.6 is 0 Å². The Morgan fingerprint density at radius 3 is 2.44 bits per heavy atom. The Hall–Kier alpha value is -1.94. The van der Waals surface area contributed by atoms with Gasteiger partial charge in [0.2, 0.25) is 0 Å². The van der Waals surface area contributed by atoms with Gasteiger partial charge in [-0.3, -0.25) is 0 Å². The van der Waals surface area contributed by atoms with Crippen molar-refractivity contribution in [3.05, 3.63) is 83.3 Å². The van der Waals surface area contributed by atoms with E-state index in [-0.39, 0.29) is 5.82 Å². The fraction of sp³-hybridized carbons (Fsp3) is 0.227. The van der Waals surface area contributed by atoms with Crippen molar-refractivity contribution in [3.63, 3.8) is 0 Å². The summed E-state index contributed by atoms with van der Waals surface area (Å²) >= 11 is -2.41. The Morgan fingerprint density at radius 2 is 1.76 bits per heavy atom. The normalized spacial score (nSPS) is 13.3. The minimum atomic E-state index is -2.41. The Balaban J connectivity index is 2.26. The molecule has 0 fully saturated rings. The van der Waals surface area contributed by atoms with Crippen molar-refractivity contribution >= 4 is 17.7 Å². The number of hydrogen-bond donors (Lipinski definition) is 0. The van der Waals surface area contributed by atoms with Crippen LogP contribution in [0.25, 0.3) is 11.3 Å². The van der Waals surface area contributed by atoms with Crippen molar-refractivity contribution in [2.45, 2.75) is 30.6 Å². The average molecular weight is 396 g/mol. The molecule has 0 aliphatic heterocycles. The molecule has 0 saturated carbocycles. The van der Waals surface area contributed by atoms with Crippen LogP contribution in [0.1, 0.15) is 19.4 Å². The van der Waals surface area contributed by atoms with Gasteiger partial charge < -0.3 is 0 Å². The third kappa shape index (κ3) is 4.01. The van der Waals surface area contributed by atoms with Crippen molar-refractivity contribution in [1.29, 1.82) is 0 Å². The SMILES string of the molecule is [2H]C([2H])(c1ccccc1)c1cc(-c2cccc(C)c2F)nc[c]1[Ge]([CH3])([CH3])[CH3]. The van der Waals surface area contributed by atoms with E-state index < -0.39 is 19.6 Å². The Kier molecular flexibility index (Phi) is 4.37. The summed E-state index contributed by atoms with van der Waals surface area (Å²) in [5.41, 5.74) is 2.64. The molecular formula is C22H24FGeN. The molecule has 3 rings (SSSR count). The summed E-state index contributed by atoms with van der Waals surface area (Å²) in [5, 5.41) is 0. The summed E-state index contributed by atoms with van der Waals surface area (Å²) in [4.78, 5) is 4.53. The average Bonchev–Trinajstić information content (AvgIpc) is 2.63. The van der Waals surface area contributed by atoms with E-state index in [0.717, 1.165) is 4.40 Å². The number of rotatable bonds is 4. The van der Waals surface area contributed by atoms with Gasteiger partial charge >= 0.3 is 155 Å². The van der Waals surface area contributed by atoms with Crippen LogP contribution in [0, 0.1) is 12.7 Å². The molecule has 0 atom stereocenters. The zero-order chi connectivity index (χ0) is 19.8. The number of halogens is 1. The minimum absolute atomic E-state index is 0.304. The molecule has 3 aromatic rings. The maximum absolute atomic E-state index is 14.7. The third-order valence-electron chi connectivity index (χ3n) is 4.23. The summed E-state index contributed by atoms with van der Waals surface area (Å²) in [6.45, 7) is 1.72. The van der Waals surface area contributed by atoms with Crippen LogP contribution < -0.4 is 4.40 Å². The van der Waals surface area contributed by atoms with Gasteiger partial charge in [0, 0.05) is 0 Å². The fourth-order valence-electron chi connectivity index (χ4n) is 2.83.